The van der Waals surface area contributed by atoms with Crippen molar-refractivity contribution >= 4 is 7.60 Å². The van der Waals surface area contributed by atoms with Crippen LogP contribution in [0.1, 0.15) is 0 Å². The maximum absolute atomic E-state index is 10.6. The molecular weight excluding hydrogens is 183 g/mol. The molecule has 0 aliphatic carbocycles. The molecular formula is C5H13N2O4P. The van der Waals surface area contributed by atoms with Crippen LogP contribution in [-0.2, 0) is 4.57 Å². The van der Waals surface area contributed by atoms with Crippen LogP contribution >= 0.6 is 7.60 Å². The van der Waals surface area contributed by atoms with Crippen molar-refractivity contribution in [2.24, 2.45) is 0 Å². The molecule has 0 radical (unpaired) electrons. The Labute approximate surface area is 70.5 Å². The van der Waals surface area contributed by atoms with E-state index in [2.05, 4.69) is 0 Å². The third kappa shape index (κ3) is 3.62. The number of hydrogen-bond donors (Lipinski definition) is 3. The molecule has 1 aliphatic rings. The lowest BCUT2D eigenvalue weighted by molar-refractivity contribution is -0.115. The van der Waals surface area contributed by atoms with E-state index in [1.165, 1.54) is 0 Å². The first kappa shape index (κ1) is 10.1. The molecule has 0 aromatic rings. The summed E-state index contributed by atoms with van der Waals surface area (Å²) in [4.78, 5) is 18.9. The van der Waals surface area contributed by atoms with Crippen LogP contribution in [0, 0.1) is 0 Å². The monoisotopic (exact) mass is 196 g/mol. The van der Waals surface area contributed by atoms with Gasteiger partial charge in [-0.05, 0) is 0 Å². The molecule has 72 valence electrons. The van der Waals surface area contributed by atoms with Crippen LogP contribution in [0.4, 0.5) is 0 Å². The van der Waals surface area contributed by atoms with Gasteiger partial charge in [-0.1, -0.05) is 0 Å². The van der Waals surface area contributed by atoms with E-state index in [1.807, 2.05) is 0 Å². The summed E-state index contributed by atoms with van der Waals surface area (Å²) in [6.45, 7) is 1.89. The van der Waals surface area contributed by atoms with Crippen LogP contribution in [-0.4, -0.2) is 57.4 Å². The summed E-state index contributed by atoms with van der Waals surface area (Å²) in [5.74, 6) is 0. The minimum absolute atomic E-state index is 0.208. The van der Waals surface area contributed by atoms with Crippen molar-refractivity contribution in [3.8, 4) is 0 Å². The van der Waals surface area contributed by atoms with Gasteiger partial charge < -0.3 is 15.0 Å². The van der Waals surface area contributed by atoms with Crippen LogP contribution in [0.25, 0.3) is 0 Å². The lowest BCUT2D eigenvalue weighted by atomic mass is 10.4. The third-order valence-electron chi connectivity index (χ3n) is 1.73. The van der Waals surface area contributed by atoms with Crippen molar-refractivity contribution in [2.75, 3.05) is 32.5 Å². The fourth-order valence-corrected chi connectivity index (χ4v) is 1.94. The lowest BCUT2D eigenvalue weighted by Crippen LogP contribution is -2.44. The van der Waals surface area contributed by atoms with E-state index in [4.69, 9.17) is 15.0 Å². The van der Waals surface area contributed by atoms with Gasteiger partial charge in [-0.3, -0.25) is 9.46 Å². The van der Waals surface area contributed by atoms with Crippen molar-refractivity contribution in [3.63, 3.8) is 0 Å². The van der Waals surface area contributed by atoms with Gasteiger partial charge in [0.25, 0.3) is 0 Å². The van der Waals surface area contributed by atoms with Crippen LogP contribution < -0.4 is 0 Å². The minimum atomic E-state index is -3.93. The molecule has 0 unspecified atom stereocenters. The van der Waals surface area contributed by atoms with Gasteiger partial charge in [0, 0.05) is 26.2 Å². The van der Waals surface area contributed by atoms with Gasteiger partial charge >= 0.3 is 7.60 Å². The van der Waals surface area contributed by atoms with Crippen LogP contribution in [0.3, 0.4) is 0 Å². The van der Waals surface area contributed by atoms with E-state index >= 15 is 0 Å². The van der Waals surface area contributed by atoms with Gasteiger partial charge in [-0.15, -0.1) is 0 Å². The molecule has 12 heavy (non-hydrogen) atoms. The Bertz CT molecular complexity index is 186. The highest BCUT2D eigenvalue weighted by atomic mass is 31.2. The largest absolute Gasteiger partial charge is 0.339 e. The predicted molar refractivity (Wildman–Crippen MR) is 41.8 cm³/mol. The third-order valence-corrected chi connectivity index (χ3v) is 2.50. The zero-order valence-corrected chi connectivity index (χ0v) is 7.52. The molecule has 0 amide bonds. The first-order valence-electron chi connectivity index (χ1n) is 3.68. The highest BCUT2D eigenvalue weighted by Crippen LogP contribution is 2.35. The number of hydroxylamine groups is 2. The van der Waals surface area contributed by atoms with Gasteiger partial charge in [0.15, 0.2) is 0 Å². The van der Waals surface area contributed by atoms with E-state index in [0.29, 0.717) is 26.2 Å². The standard InChI is InChI=1S/C5H13N2O4P/c8-7-3-1-6(2-4-7)5-12(9,10)11/h8H,1-5H2,(H2,9,10,11). The van der Waals surface area contributed by atoms with Gasteiger partial charge in [0.05, 0.1) is 0 Å². The van der Waals surface area contributed by atoms with E-state index in [9.17, 15) is 4.57 Å². The smallest absolute Gasteiger partial charge is 0.324 e. The SMILES string of the molecule is O=P(O)(O)CN1CCN(O)CC1. The molecule has 0 spiro atoms. The second kappa shape index (κ2) is 3.83. The molecule has 0 saturated carbocycles. The molecule has 0 aromatic carbocycles. The van der Waals surface area contributed by atoms with Gasteiger partial charge in [-0.2, -0.15) is 5.06 Å². The summed E-state index contributed by atoms with van der Waals surface area (Å²) in [7, 11) is -3.93. The molecule has 1 rings (SSSR count). The molecule has 3 N–H and O–H groups in total. The maximum Gasteiger partial charge on any atom is 0.339 e. The van der Waals surface area contributed by atoms with Gasteiger partial charge in [-0.25, -0.2) is 0 Å². The molecule has 0 bridgehead atoms. The lowest BCUT2D eigenvalue weighted by Gasteiger charge is -2.30. The van der Waals surface area contributed by atoms with Crippen LogP contribution in [0.2, 0.25) is 0 Å². The number of piperazine rings is 1. The summed E-state index contributed by atoms with van der Waals surface area (Å²) in [5, 5.41) is 10.1. The van der Waals surface area contributed by atoms with E-state index in [1.54, 1.807) is 4.90 Å². The minimum Gasteiger partial charge on any atom is -0.324 e. The predicted octanol–water partition coefficient (Wildman–Crippen LogP) is -0.872. The molecule has 0 atom stereocenters. The Balaban J connectivity index is 2.31. The molecule has 7 heteroatoms. The zero-order valence-electron chi connectivity index (χ0n) is 6.63. The molecule has 0 aromatic heterocycles. The molecule has 1 saturated heterocycles. The van der Waals surface area contributed by atoms with Crippen LogP contribution in [0.15, 0.2) is 0 Å². The fourth-order valence-electron chi connectivity index (χ4n) is 1.14. The summed E-state index contributed by atoms with van der Waals surface area (Å²) in [6, 6.07) is 0. The fraction of sp³-hybridized carbons (Fsp3) is 1.00. The topological polar surface area (TPSA) is 84.2 Å². The second-order valence-corrected chi connectivity index (χ2v) is 4.49. The highest BCUT2D eigenvalue weighted by Gasteiger charge is 2.22. The van der Waals surface area contributed by atoms with Crippen molar-refractivity contribution < 1.29 is 19.6 Å². The van der Waals surface area contributed by atoms with Crippen molar-refractivity contribution in [2.45, 2.75) is 0 Å². The second-order valence-electron chi connectivity index (χ2n) is 2.88. The summed E-state index contributed by atoms with van der Waals surface area (Å²) in [5.41, 5.74) is 0. The Hall–Kier alpha value is 0.0300. The molecule has 1 fully saturated rings. The maximum atomic E-state index is 10.6. The summed E-state index contributed by atoms with van der Waals surface area (Å²) < 4.78 is 10.6. The Morgan fingerprint density at radius 1 is 1.17 bits per heavy atom. The van der Waals surface area contributed by atoms with Gasteiger partial charge in [0.2, 0.25) is 0 Å². The Morgan fingerprint density at radius 2 is 1.67 bits per heavy atom. The number of hydrogen-bond acceptors (Lipinski definition) is 4. The number of nitrogens with zero attached hydrogens (tertiary/aromatic N) is 2. The molecule has 6 nitrogen and oxygen atoms in total. The van der Waals surface area contributed by atoms with E-state index in [0.717, 1.165) is 5.06 Å². The average molecular weight is 196 g/mol. The van der Waals surface area contributed by atoms with Crippen molar-refractivity contribution in [1.29, 1.82) is 0 Å². The molecule has 1 aliphatic heterocycles. The quantitative estimate of drug-likeness (QED) is 0.498. The average Bonchev–Trinajstić information content (AvgIpc) is 1.91. The summed E-state index contributed by atoms with van der Waals surface area (Å²) in [6.07, 6.45) is -0.208. The van der Waals surface area contributed by atoms with E-state index in [-0.39, 0.29) is 6.29 Å². The zero-order chi connectivity index (χ0) is 9.19. The first-order chi connectivity index (χ1) is 5.47. The van der Waals surface area contributed by atoms with Crippen LogP contribution in [0.5, 0.6) is 0 Å². The Morgan fingerprint density at radius 3 is 2.08 bits per heavy atom. The Kier molecular flexibility index (Phi) is 3.22. The summed E-state index contributed by atoms with van der Waals surface area (Å²) >= 11 is 0. The number of rotatable bonds is 2. The normalized spacial score (nSPS) is 22.9. The first-order valence-corrected chi connectivity index (χ1v) is 5.48. The van der Waals surface area contributed by atoms with Crippen molar-refractivity contribution in [3.05, 3.63) is 0 Å². The van der Waals surface area contributed by atoms with Crippen molar-refractivity contribution in [1.82, 2.24) is 9.96 Å². The molecule has 1 heterocycles. The van der Waals surface area contributed by atoms with Gasteiger partial charge in [0.1, 0.15) is 6.29 Å². The highest BCUT2D eigenvalue weighted by molar-refractivity contribution is 7.51. The van der Waals surface area contributed by atoms with E-state index < -0.39 is 7.60 Å².